The van der Waals surface area contributed by atoms with Crippen LogP contribution < -0.4 is 0 Å². The van der Waals surface area contributed by atoms with Crippen molar-refractivity contribution in [3.05, 3.63) is 56.4 Å². The third-order valence-electron chi connectivity index (χ3n) is 4.10. The van der Waals surface area contributed by atoms with Gasteiger partial charge in [0.1, 0.15) is 5.69 Å². The molecule has 2 rings (SSSR count). The maximum absolute atomic E-state index is 12.6. The van der Waals surface area contributed by atoms with Crippen LogP contribution in [0.25, 0.3) is 0 Å². The number of hydrogen-bond acceptors (Lipinski definition) is 1. The lowest BCUT2D eigenvalue weighted by Gasteiger charge is -2.20. The van der Waals surface area contributed by atoms with E-state index in [0.29, 0.717) is 0 Å². The minimum Gasteiger partial charge on any atom is -0.339 e. The second-order valence-corrected chi connectivity index (χ2v) is 6.69. The molecule has 0 N–H and O–H groups in total. The van der Waals surface area contributed by atoms with Crippen LogP contribution in [0, 0.1) is 17.4 Å². The van der Waals surface area contributed by atoms with Gasteiger partial charge in [-0.1, -0.05) is 6.07 Å². The Bertz CT molecular complexity index is 672. The Hall–Kier alpha value is -1.30. The van der Waals surface area contributed by atoms with Crippen molar-refractivity contribution in [3.8, 4) is 0 Å². The number of nitrogens with zero attached hydrogens (tertiary/aromatic N) is 2. The standard InChI is InChI=1S/C18H23IN2O/c1-5-20(6-2)18(22)17-8-7-9-21(17)12-15-10-13(3)14(4)11-16(15)19/h7-11H,5-6,12H2,1-4H3. The molecule has 2 aromatic rings. The molecule has 0 atom stereocenters. The minimum atomic E-state index is 0.105. The van der Waals surface area contributed by atoms with E-state index in [2.05, 4.69) is 48.6 Å². The summed E-state index contributed by atoms with van der Waals surface area (Å²) in [4.78, 5) is 14.4. The van der Waals surface area contributed by atoms with E-state index in [-0.39, 0.29) is 5.91 Å². The highest BCUT2D eigenvalue weighted by molar-refractivity contribution is 14.1. The van der Waals surface area contributed by atoms with Gasteiger partial charge in [0.05, 0.1) is 0 Å². The number of aryl methyl sites for hydroxylation is 2. The highest BCUT2D eigenvalue weighted by Crippen LogP contribution is 2.20. The Balaban J connectivity index is 2.31. The molecular weight excluding hydrogens is 387 g/mol. The molecule has 0 radical (unpaired) electrons. The van der Waals surface area contributed by atoms with E-state index in [1.54, 1.807) is 0 Å². The molecule has 1 aromatic carbocycles. The van der Waals surface area contributed by atoms with E-state index in [4.69, 9.17) is 0 Å². The average molecular weight is 410 g/mol. The summed E-state index contributed by atoms with van der Waals surface area (Å²) in [5.41, 5.74) is 4.62. The van der Waals surface area contributed by atoms with Crippen LogP contribution in [0.3, 0.4) is 0 Å². The zero-order valence-corrected chi connectivity index (χ0v) is 15.8. The number of amides is 1. The predicted octanol–water partition coefficient (Wildman–Crippen LogP) is 4.24. The van der Waals surface area contributed by atoms with Gasteiger partial charge in [-0.3, -0.25) is 4.79 Å². The van der Waals surface area contributed by atoms with Crippen LogP contribution in [0.4, 0.5) is 0 Å². The molecule has 0 aliphatic carbocycles. The fraction of sp³-hybridized carbons (Fsp3) is 0.389. The summed E-state index contributed by atoms with van der Waals surface area (Å²) in [5, 5.41) is 0. The van der Waals surface area contributed by atoms with Crippen LogP contribution >= 0.6 is 22.6 Å². The lowest BCUT2D eigenvalue weighted by atomic mass is 10.1. The van der Waals surface area contributed by atoms with Gasteiger partial charge in [-0.15, -0.1) is 0 Å². The molecule has 22 heavy (non-hydrogen) atoms. The average Bonchev–Trinajstić information content (AvgIpc) is 2.94. The van der Waals surface area contributed by atoms with E-state index < -0.39 is 0 Å². The summed E-state index contributed by atoms with van der Waals surface area (Å²) in [6.07, 6.45) is 1.99. The van der Waals surface area contributed by atoms with Crippen molar-refractivity contribution in [2.75, 3.05) is 13.1 Å². The van der Waals surface area contributed by atoms with Crippen LogP contribution in [0.2, 0.25) is 0 Å². The Labute approximate surface area is 146 Å². The van der Waals surface area contributed by atoms with Gasteiger partial charge >= 0.3 is 0 Å². The molecule has 0 aliphatic rings. The zero-order chi connectivity index (χ0) is 16.3. The first-order valence-electron chi connectivity index (χ1n) is 7.68. The molecule has 0 saturated carbocycles. The van der Waals surface area contributed by atoms with Gasteiger partial charge in [0, 0.05) is 29.4 Å². The SMILES string of the molecule is CCN(CC)C(=O)c1cccn1Cc1cc(C)c(C)cc1I. The molecule has 118 valence electrons. The van der Waals surface area contributed by atoms with Crippen molar-refractivity contribution in [2.24, 2.45) is 0 Å². The zero-order valence-electron chi connectivity index (χ0n) is 13.7. The van der Waals surface area contributed by atoms with Gasteiger partial charge < -0.3 is 9.47 Å². The summed E-state index contributed by atoms with van der Waals surface area (Å²) in [5.74, 6) is 0.105. The fourth-order valence-electron chi connectivity index (χ4n) is 2.56. The monoisotopic (exact) mass is 410 g/mol. The Kier molecular flexibility index (Phi) is 5.67. The number of hydrogen-bond donors (Lipinski definition) is 0. The molecule has 3 nitrogen and oxygen atoms in total. The van der Waals surface area contributed by atoms with Gasteiger partial charge in [-0.25, -0.2) is 0 Å². The molecule has 0 fully saturated rings. The number of halogens is 1. The molecular formula is C18H23IN2O. The van der Waals surface area contributed by atoms with Crippen molar-refractivity contribution in [3.63, 3.8) is 0 Å². The van der Waals surface area contributed by atoms with Crippen molar-refractivity contribution in [1.29, 1.82) is 0 Å². The lowest BCUT2D eigenvalue weighted by molar-refractivity contribution is 0.0762. The van der Waals surface area contributed by atoms with Gasteiger partial charge in [-0.05, 0) is 85.2 Å². The summed E-state index contributed by atoms with van der Waals surface area (Å²) < 4.78 is 3.29. The molecule has 0 saturated heterocycles. The summed E-state index contributed by atoms with van der Waals surface area (Å²) in [6, 6.07) is 8.29. The smallest absolute Gasteiger partial charge is 0.270 e. The van der Waals surface area contributed by atoms with E-state index in [1.165, 1.54) is 20.3 Å². The number of aromatic nitrogens is 1. The molecule has 1 heterocycles. The molecule has 0 aliphatic heterocycles. The molecule has 0 spiro atoms. The number of carbonyl (C=O) groups excluding carboxylic acids is 1. The maximum Gasteiger partial charge on any atom is 0.270 e. The molecule has 0 bridgehead atoms. The maximum atomic E-state index is 12.6. The van der Waals surface area contributed by atoms with Crippen LogP contribution in [0.1, 0.15) is 41.0 Å². The lowest BCUT2D eigenvalue weighted by Crippen LogP contribution is -2.32. The topological polar surface area (TPSA) is 25.2 Å². The fourth-order valence-corrected chi connectivity index (χ4v) is 3.36. The second-order valence-electron chi connectivity index (χ2n) is 5.53. The van der Waals surface area contributed by atoms with Crippen LogP contribution in [-0.4, -0.2) is 28.5 Å². The number of benzene rings is 1. The van der Waals surface area contributed by atoms with Crippen molar-refractivity contribution in [1.82, 2.24) is 9.47 Å². The van der Waals surface area contributed by atoms with Gasteiger partial charge in [0.15, 0.2) is 0 Å². The molecule has 4 heteroatoms. The van der Waals surface area contributed by atoms with Gasteiger partial charge in [-0.2, -0.15) is 0 Å². The normalized spacial score (nSPS) is 10.8. The van der Waals surface area contributed by atoms with Crippen molar-refractivity contribution >= 4 is 28.5 Å². The van der Waals surface area contributed by atoms with Crippen LogP contribution in [0.15, 0.2) is 30.5 Å². The van der Waals surface area contributed by atoms with Crippen molar-refractivity contribution in [2.45, 2.75) is 34.2 Å². The first-order valence-corrected chi connectivity index (χ1v) is 8.75. The Morgan fingerprint density at radius 3 is 2.45 bits per heavy atom. The largest absolute Gasteiger partial charge is 0.339 e. The first-order chi connectivity index (χ1) is 10.5. The molecule has 0 unspecified atom stereocenters. The van der Waals surface area contributed by atoms with Crippen LogP contribution in [-0.2, 0) is 6.54 Å². The quantitative estimate of drug-likeness (QED) is 0.677. The number of carbonyl (C=O) groups is 1. The van der Waals surface area contributed by atoms with E-state index in [0.717, 1.165) is 25.3 Å². The minimum absolute atomic E-state index is 0.105. The second kappa shape index (κ2) is 7.31. The Morgan fingerprint density at radius 2 is 1.82 bits per heavy atom. The number of rotatable bonds is 5. The molecule has 1 amide bonds. The molecule has 1 aromatic heterocycles. The summed E-state index contributed by atoms with van der Waals surface area (Å²) >= 11 is 2.38. The Morgan fingerprint density at radius 1 is 1.18 bits per heavy atom. The van der Waals surface area contributed by atoms with E-state index in [1.807, 2.05) is 41.6 Å². The third-order valence-corrected chi connectivity index (χ3v) is 5.11. The van der Waals surface area contributed by atoms with Crippen LogP contribution in [0.5, 0.6) is 0 Å². The highest BCUT2D eigenvalue weighted by Gasteiger charge is 2.16. The van der Waals surface area contributed by atoms with E-state index in [9.17, 15) is 4.79 Å². The van der Waals surface area contributed by atoms with E-state index >= 15 is 0 Å². The highest BCUT2D eigenvalue weighted by atomic mass is 127. The summed E-state index contributed by atoms with van der Waals surface area (Å²) in [6.45, 7) is 10.5. The third kappa shape index (κ3) is 3.54. The first kappa shape index (κ1) is 17.1. The van der Waals surface area contributed by atoms with Gasteiger partial charge in [0.2, 0.25) is 0 Å². The van der Waals surface area contributed by atoms with Gasteiger partial charge in [0.25, 0.3) is 5.91 Å². The van der Waals surface area contributed by atoms with Crippen molar-refractivity contribution < 1.29 is 4.79 Å². The summed E-state index contributed by atoms with van der Waals surface area (Å²) in [7, 11) is 0. The predicted molar refractivity (Wildman–Crippen MR) is 99.4 cm³/mol.